The van der Waals surface area contributed by atoms with Crippen LogP contribution in [0.1, 0.15) is 26.7 Å². The zero-order chi connectivity index (χ0) is 7.82. The molecule has 0 aliphatic rings. The molecule has 10 heavy (non-hydrogen) atoms. The van der Waals surface area contributed by atoms with E-state index in [1.54, 1.807) is 6.92 Å². The van der Waals surface area contributed by atoms with Crippen LogP contribution in [0.15, 0.2) is 0 Å². The molecule has 0 aromatic carbocycles. The number of hydroxylamine groups is 1. The van der Waals surface area contributed by atoms with Gasteiger partial charge in [0.1, 0.15) is 6.29 Å². The lowest BCUT2D eigenvalue weighted by atomic mass is 10.4. The third-order valence-electron chi connectivity index (χ3n) is 1.07. The average Bonchev–Trinajstić information content (AvgIpc) is 1.98. The molecule has 0 heterocycles. The Balaban J connectivity index is 2.95. The minimum Gasteiger partial charge on any atom is -0.302 e. The second-order valence-corrected chi connectivity index (χ2v) is 2.24. The molecule has 0 spiro atoms. The summed E-state index contributed by atoms with van der Waals surface area (Å²) in [6, 6.07) is -0.197. The SMILES string of the molecule is CCCCON[C@@H](C)C=O. The highest BCUT2D eigenvalue weighted by molar-refractivity contribution is 5.56. The maximum absolute atomic E-state index is 10.0. The monoisotopic (exact) mass is 145 g/mol. The molecule has 3 nitrogen and oxygen atoms in total. The van der Waals surface area contributed by atoms with Gasteiger partial charge in [-0.1, -0.05) is 13.3 Å². The molecule has 0 aromatic heterocycles. The first-order valence-corrected chi connectivity index (χ1v) is 3.63. The van der Waals surface area contributed by atoms with Gasteiger partial charge in [-0.05, 0) is 13.3 Å². The Kier molecular flexibility index (Phi) is 6.43. The van der Waals surface area contributed by atoms with Crippen LogP contribution in [0, 0.1) is 0 Å². The van der Waals surface area contributed by atoms with E-state index in [4.69, 9.17) is 4.84 Å². The Hall–Kier alpha value is -0.410. The topological polar surface area (TPSA) is 38.3 Å². The first-order chi connectivity index (χ1) is 4.81. The summed E-state index contributed by atoms with van der Waals surface area (Å²) in [7, 11) is 0. The van der Waals surface area contributed by atoms with Crippen molar-refractivity contribution in [3.63, 3.8) is 0 Å². The van der Waals surface area contributed by atoms with Crippen LogP contribution >= 0.6 is 0 Å². The highest BCUT2D eigenvalue weighted by Crippen LogP contribution is 1.85. The van der Waals surface area contributed by atoms with E-state index < -0.39 is 0 Å². The molecule has 0 radical (unpaired) electrons. The maximum atomic E-state index is 10.0. The van der Waals surface area contributed by atoms with Gasteiger partial charge in [-0.3, -0.25) is 0 Å². The number of carbonyl (C=O) groups excluding carboxylic acids is 1. The number of nitrogens with one attached hydrogen (secondary N) is 1. The van der Waals surface area contributed by atoms with Crippen molar-refractivity contribution in [1.29, 1.82) is 0 Å². The summed E-state index contributed by atoms with van der Waals surface area (Å²) in [5.41, 5.74) is 2.60. The normalized spacial score (nSPS) is 13.0. The number of unbranched alkanes of at least 4 members (excludes halogenated alkanes) is 1. The summed E-state index contributed by atoms with van der Waals surface area (Å²) in [6.07, 6.45) is 2.95. The van der Waals surface area contributed by atoms with E-state index in [0.717, 1.165) is 19.1 Å². The van der Waals surface area contributed by atoms with Crippen molar-refractivity contribution < 1.29 is 9.63 Å². The van der Waals surface area contributed by atoms with Crippen molar-refractivity contribution >= 4 is 6.29 Å². The predicted molar refractivity (Wildman–Crippen MR) is 39.5 cm³/mol. The Morgan fingerprint density at radius 1 is 1.70 bits per heavy atom. The Morgan fingerprint density at radius 2 is 2.40 bits per heavy atom. The van der Waals surface area contributed by atoms with Gasteiger partial charge in [-0.15, -0.1) is 0 Å². The van der Waals surface area contributed by atoms with Crippen LogP contribution in [0.3, 0.4) is 0 Å². The lowest BCUT2D eigenvalue weighted by Crippen LogP contribution is -2.27. The number of carbonyl (C=O) groups is 1. The van der Waals surface area contributed by atoms with Crippen LogP contribution in [-0.4, -0.2) is 18.9 Å². The molecule has 3 heteroatoms. The van der Waals surface area contributed by atoms with Crippen molar-refractivity contribution in [3.8, 4) is 0 Å². The minimum atomic E-state index is -0.197. The fourth-order valence-electron chi connectivity index (χ4n) is 0.435. The highest BCUT2D eigenvalue weighted by Gasteiger charge is 1.95. The van der Waals surface area contributed by atoms with E-state index in [1.807, 2.05) is 0 Å². The second kappa shape index (κ2) is 6.71. The molecule has 0 bridgehead atoms. The fourth-order valence-corrected chi connectivity index (χ4v) is 0.435. The molecule has 60 valence electrons. The van der Waals surface area contributed by atoms with Gasteiger partial charge in [0.05, 0.1) is 12.6 Å². The van der Waals surface area contributed by atoms with E-state index in [9.17, 15) is 4.79 Å². The number of aldehydes is 1. The second-order valence-electron chi connectivity index (χ2n) is 2.24. The molecule has 0 aliphatic carbocycles. The molecule has 0 aromatic rings. The number of hydrogen-bond acceptors (Lipinski definition) is 3. The van der Waals surface area contributed by atoms with Gasteiger partial charge in [0.2, 0.25) is 0 Å². The summed E-state index contributed by atoms with van der Waals surface area (Å²) in [5.74, 6) is 0. The predicted octanol–water partition coefficient (Wildman–Crippen LogP) is 0.895. The van der Waals surface area contributed by atoms with Crippen molar-refractivity contribution in [2.75, 3.05) is 6.61 Å². The van der Waals surface area contributed by atoms with Crippen molar-refractivity contribution in [3.05, 3.63) is 0 Å². The zero-order valence-corrected chi connectivity index (χ0v) is 6.59. The van der Waals surface area contributed by atoms with Crippen LogP contribution in [0.5, 0.6) is 0 Å². The van der Waals surface area contributed by atoms with Crippen molar-refractivity contribution in [2.45, 2.75) is 32.7 Å². The van der Waals surface area contributed by atoms with Crippen molar-refractivity contribution in [1.82, 2.24) is 5.48 Å². The Labute approximate surface area is 61.7 Å². The van der Waals surface area contributed by atoms with Crippen LogP contribution < -0.4 is 5.48 Å². The Bertz CT molecular complexity index is 85.7. The lowest BCUT2D eigenvalue weighted by molar-refractivity contribution is -0.112. The Morgan fingerprint density at radius 3 is 2.90 bits per heavy atom. The van der Waals surface area contributed by atoms with Gasteiger partial charge in [0.15, 0.2) is 0 Å². The van der Waals surface area contributed by atoms with E-state index >= 15 is 0 Å². The molecule has 0 amide bonds. The standard InChI is InChI=1S/C7H15NO2/c1-3-4-5-10-8-7(2)6-9/h6-8H,3-5H2,1-2H3/t7-/m0/s1. The van der Waals surface area contributed by atoms with Crippen molar-refractivity contribution in [2.24, 2.45) is 0 Å². The van der Waals surface area contributed by atoms with Gasteiger partial charge in [-0.2, -0.15) is 5.48 Å². The molecular weight excluding hydrogens is 130 g/mol. The van der Waals surface area contributed by atoms with Crippen LogP contribution in [-0.2, 0) is 9.63 Å². The van der Waals surface area contributed by atoms with Gasteiger partial charge in [-0.25, -0.2) is 0 Å². The molecule has 0 unspecified atom stereocenters. The van der Waals surface area contributed by atoms with Crippen LogP contribution in [0.4, 0.5) is 0 Å². The van der Waals surface area contributed by atoms with Crippen LogP contribution in [0.25, 0.3) is 0 Å². The molecule has 0 aliphatic heterocycles. The smallest absolute Gasteiger partial charge is 0.138 e. The first kappa shape index (κ1) is 9.59. The molecule has 0 saturated carbocycles. The zero-order valence-electron chi connectivity index (χ0n) is 6.59. The third kappa shape index (κ3) is 5.72. The van der Waals surface area contributed by atoms with E-state index in [1.165, 1.54) is 0 Å². The molecule has 0 saturated heterocycles. The number of rotatable bonds is 6. The number of hydrogen-bond donors (Lipinski definition) is 1. The third-order valence-corrected chi connectivity index (χ3v) is 1.07. The summed E-state index contributed by atoms with van der Waals surface area (Å²) in [4.78, 5) is 15.0. The van der Waals surface area contributed by atoms with Crippen LogP contribution in [0.2, 0.25) is 0 Å². The summed E-state index contributed by atoms with van der Waals surface area (Å²) < 4.78 is 0. The average molecular weight is 145 g/mol. The molecule has 1 atom stereocenters. The largest absolute Gasteiger partial charge is 0.302 e. The van der Waals surface area contributed by atoms with E-state index in [2.05, 4.69) is 12.4 Å². The van der Waals surface area contributed by atoms with Gasteiger partial charge >= 0.3 is 0 Å². The summed E-state index contributed by atoms with van der Waals surface area (Å²) >= 11 is 0. The van der Waals surface area contributed by atoms with E-state index in [0.29, 0.717) is 6.61 Å². The minimum absolute atomic E-state index is 0.197. The maximum Gasteiger partial charge on any atom is 0.138 e. The first-order valence-electron chi connectivity index (χ1n) is 3.63. The molecule has 0 fully saturated rings. The van der Waals surface area contributed by atoms with Gasteiger partial charge < -0.3 is 9.63 Å². The molecule has 1 N–H and O–H groups in total. The van der Waals surface area contributed by atoms with E-state index in [-0.39, 0.29) is 6.04 Å². The molecular formula is C7H15NO2. The summed E-state index contributed by atoms with van der Waals surface area (Å²) in [6.45, 7) is 4.51. The lowest BCUT2D eigenvalue weighted by Gasteiger charge is -2.05. The quantitative estimate of drug-likeness (QED) is 0.343. The van der Waals surface area contributed by atoms with Gasteiger partial charge in [0.25, 0.3) is 0 Å². The summed E-state index contributed by atoms with van der Waals surface area (Å²) in [5, 5.41) is 0. The van der Waals surface area contributed by atoms with Gasteiger partial charge in [0, 0.05) is 0 Å². The molecule has 0 rings (SSSR count). The fraction of sp³-hybridized carbons (Fsp3) is 0.857. The highest BCUT2D eigenvalue weighted by atomic mass is 16.6.